The minimum absolute atomic E-state index is 0.343. The lowest BCUT2D eigenvalue weighted by Gasteiger charge is -2.31. The number of nitrogens with two attached hydrogens (primary N) is 1. The Morgan fingerprint density at radius 1 is 1.26 bits per heavy atom. The Kier molecular flexibility index (Phi) is 4.77. The molecule has 3 heterocycles. The molecule has 0 bridgehead atoms. The smallest absolute Gasteiger partial charge is 0.266 e. The molecule has 3 aromatic rings. The van der Waals surface area contributed by atoms with Crippen molar-refractivity contribution >= 4 is 5.91 Å². The molecule has 27 heavy (non-hydrogen) atoms. The summed E-state index contributed by atoms with van der Waals surface area (Å²) in [5.74, 6) is 0.750. The van der Waals surface area contributed by atoms with Crippen molar-refractivity contribution in [1.82, 2.24) is 24.6 Å². The van der Waals surface area contributed by atoms with Gasteiger partial charge in [0.2, 0.25) is 0 Å². The molecule has 3 N–H and O–H groups in total. The summed E-state index contributed by atoms with van der Waals surface area (Å²) in [5.41, 5.74) is 9.21. The summed E-state index contributed by atoms with van der Waals surface area (Å²) in [4.78, 5) is 21.1. The first-order valence-electron chi connectivity index (χ1n) is 9.28. The first-order chi connectivity index (χ1) is 13.1. The Bertz CT molecular complexity index is 935. The maximum absolute atomic E-state index is 11.2. The summed E-state index contributed by atoms with van der Waals surface area (Å²) in [6.07, 6.45) is 5.40. The number of rotatable bonds is 5. The third-order valence-electron chi connectivity index (χ3n) is 5.29. The molecule has 2 aromatic heterocycles. The van der Waals surface area contributed by atoms with E-state index in [2.05, 4.69) is 45.1 Å². The normalized spacial score (nSPS) is 15.9. The van der Waals surface area contributed by atoms with E-state index in [0.717, 1.165) is 44.0 Å². The minimum Gasteiger partial charge on any atom is -0.364 e. The van der Waals surface area contributed by atoms with Crippen LogP contribution in [-0.2, 0) is 6.54 Å². The Morgan fingerprint density at radius 3 is 2.74 bits per heavy atom. The number of likely N-dealkylation sites (tertiary alicyclic amines) is 1. The number of benzene rings is 1. The molecule has 1 saturated heterocycles. The number of carbonyl (C=O) groups excluding carboxylic acids is 1. The number of carbonyl (C=O) groups is 1. The Labute approximate surface area is 158 Å². The van der Waals surface area contributed by atoms with Gasteiger partial charge in [-0.25, -0.2) is 9.67 Å². The highest BCUT2D eigenvalue weighted by molar-refractivity contribution is 5.90. The van der Waals surface area contributed by atoms with E-state index in [1.54, 1.807) is 0 Å². The lowest BCUT2D eigenvalue weighted by atomic mass is 9.96. The number of nitrogens with zero attached hydrogens (tertiary/aromatic N) is 4. The van der Waals surface area contributed by atoms with Crippen molar-refractivity contribution in [3.63, 3.8) is 0 Å². The summed E-state index contributed by atoms with van der Waals surface area (Å²) in [6.45, 7) is 4.94. The predicted octanol–water partition coefficient (Wildman–Crippen LogP) is 2.38. The fraction of sp³-hybridized carbons (Fsp3) is 0.350. The van der Waals surface area contributed by atoms with Crippen LogP contribution in [0.4, 0.5) is 0 Å². The Morgan fingerprint density at radius 2 is 2.04 bits per heavy atom. The molecular formula is C20H24N6O. The number of primary amides is 1. The molecule has 4 rings (SSSR count). The van der Waals surface area contributed by atoms with Gasteiger partial charge in [0.1, 0.15) is 11.5 Å². The number of aryl methyl sites for hydroxylation is 1. The van der Waals surface area contributed by atoms with Crippen LogP contribution in [0.1, 0.15) is 46.3 Å². The van der Waals surface area contributed by atoms with Crippen LogP contribution >= 0.6 is 0 Å². The Balaban J connectivity index is 1.41. The number of imidazole rings is 1. The molecule has 1 amide bonds. The molecule has 0 unspecified atom stereocenters. The number of piperidine rings is 1. The van der Waals surface area contributed by atoms with Gasteiger partial charge < -0.3 is 10.7 Å². The van der Waals surface area contributed by atoms with E-state index < -0.39 is 5.91 Å². The topological polar surface area (TPSA) is 92.8 Å². The summed E-state index contributed by atoms with van der Waals surface area (Å²) >= 11 is 0. The van der Waals surface area contributed by atoms with Gasteiger partial charge in [-0.15, -0.1) is 0 Å². The second kappa shape index (κ2) is 7.36. The van der Waals surface area contributed by atoms with Crippen molar-refractivity contribution in [3.8, 4) is 5.69 Å². The van der Waals surface area contributed by atoms with Crippen LogP contribution in [0, 0.1) is 6.92 Å². The minimum atomic E-state index is -0.462. The van der Waals surface area contributed by atoms with Crippen molar-refractivity contribution in [2.24, 2.45) is 5.73 Å². The van der Waals surface area contributed by atoms with Crippen molar-refractivity contribution in [2.45, 2.75) is 32.2 Å². The molecule has 0 spiro atoms. The van der Waals surface area contributed by atoms with Crippen LogP contribution in [0.25, 0.3) is 5.69 Å². The highest BCUT2D eigenvalue weighted by Crippen LogP contribution is 2.27. The first kappa shape index (κ1) is 17.5. The van der Waals surface area contributed by atoms with Gasteiger partial charge in [0.25, 0.3) is 5.91 Å². The number of para-hydroxylation sites is 1. The van der Waals surface area contributed by atoms with Gasteiger partial charge in [-0.3, -0.25) is 9.69 Å². The lowest BCUT2D eigenvalue weighted by molar-refractivity contribution is 0.0996. The molecular weight excluding hydrogens is 340 g/mol. The third kappa shape index (κ3) is 3.64. The van der Waals surface area contributed by atoms with E-state index in [1.165, 1.54) is 17.5 Å². The van der Waals surface area contributed by atoms with Crippen LogP contribution in [0.5, 0.6) is 0 Å². The second-order valence-corrected chi connectivity index (χ2v) is 7.12. The summed E-state index contributed by atoms with van der Waals surface area (Å²) in [5, 5.41) is 4.53. The zero-order chi connectivity index (χ0) is 18.8. The average molecular weight is 364 g/mol. The molecule has 1 aromatic carbocycles. The maximum Gasteiger partial charge on any atom is 0.266 e. The SMILES string of the molecule is Cc1ccccc1-n1nccc1CN1CCC(c2ncc(C(N)=O)[nH]2)CC1. The number of hydrogen-bond acceptors (Lipinski definition) is 4. The van der Waals surface area contributed by atoms with Gasteiger partial charge in [0.15, 0.2) is 0 Å². The summed E-state index contributed by atoms with van der Waals surface area (Å²) in [7, 11) is 0. The van der Waals surface area contributed by atoms with Crippen LogP contribution in [-0.4, -0.2) is 43.6 Å². The van der Waals surface area contributed by atoms with Crippen LogP contribution in [0.3, 0.4) is 0 Å². The fourth-order valence-electron chi connectivity index (χ4n) is 3.73. The first-order valence-corrected chi connectivity index (χ1v) is 9.28. The fourth-order valence-corrected chi connectivity index (χ4v) is 3.73. The number of aromatic amines is 1. The summed E-state index contributed by atoms with van der Waals surface area (Å²) < 4.78 is 2.03. The molecule has 1 aliphatic rings. The van der Waals surface area contributed by atoms with Gasteiger partial charge in [-0.05, 0) is 50.6 Å². The predicted molar refractivity (Wildman–Crippen MR) is 103 cm³/mol. The molecule has 0 radical (unpaired) electrons. The van der Waals surface area contributed by atoms with Crippen LogP contribution < -0.4 is 5.73 Å². The van der Waals surface area contributed by atoms with Crippen molar-refractivity contribution in [3.05, 3.63) is 65.5 Å². The van der Waals surface area contributed by atoms with E-state index in [4.69, 9.17) is 5.73 Å². The van der Waals surface area contributed by atoms with Crippen LogP contribution in [0.15, 0.2) is 42.7 Å². The molecule has 0 atom stereocenters. The van der Waals surface area contributed by atoms with Crippen molar-refractivity contribution in [2.75, 3.05) is 13.1 Å². The number of hydrogen-bond donors (Lipinski definition) is 2. The lowest BCUT2D eigenvalue weighted by Crippen LogP contribution is -2.33. The van der Waals surface area contributed by atoms with E-state index in [0.29, 0.717) is 11.6 Å². The molecule has 7 nitrogen and oxygen atoms in total. The van der Waals surface area contributed by atoms with Gasteiger partial charge in [0, 0.05) is 18.7 Å². The van der Waals surface area contributed by atoms with E-state index in [-0.39, 0.29) is 0 Å². The Hall–Kier alpha value is -2.93. The zero-order valence-electron chi connectivity index (χ0n) is 15.4. The summed E-state index contributed by atoms with van der Waals surface area (Å²) in [6, 6.07) is 10.4. The van der Waals surface area contributed by atoms with Crippen LogP contribution in [0.2, 0.25) is 0 Å². The largest absolute Gasteiger partial charge is 0.364 e. The number of nitrogens with one attached hydrogen (secondary N) is 1. The maximum atomic E-state index is 11.2. The standard InChI is InChI=1S/C20H24N6O/c1-14-4-2-3-5-18(14)26-16(6-9-23-26)13-25-10-7-15(8-11-25)20-22-12-17(24-20)19(21)27/h2-6,9,12,15H,7-8,10-11,13H2,1H3,(H2,21,27)(H,22,24). The van der Waals surface area contributed by atoms with Gasteiger partial charge in [0.05, 0.1) is 17.6 Å². The zero-order valence-corrected chi connectivity index (χ0v) is 15.4. The molecule has 0 aliphatic carbocycles. The number of aromatic nitrogens is 4. The quantitative estimate of drug-likeness (QED) is 0.727. The van der Waals surface area contributed by atoms with E-state index in [1.807, 2.05) is 23.0 Å². The van der Waals surface area contributed by atoms with E-state index >= 15 is 0 Å². The number of H-pyrrole nitrogens is 1. The van der Waals surface area contributed by atoms with Gasteiger partial charge >= 0.3 is 0 Å². The average Bonchev–Trinajstić information content (AvgIpc) is 3.33. The van der Waals surface area contributed by atoms with Gasteiger partial charge in [-0.2, -0.15) is 5.10 Å². The van der Waals surface area contributed by atoms with Crippen molar-refractivity contribution in [1.29, 1.82) is 0 Å². The molecule has 7 heteroatoms. The highest BCUT2D eigenvalue weighted by Gasteiger charge is 2.24. The number of amides is 1. The van der Waals surface area contributed by atoms with E-state index in [9.17, 15) is 4.79 Å². The monoisotopic (exact) mass is 364 g/mol. The highest BCUT2D eigenvalue weighted by atomic mass is 16.1. The molecule has 140 valence electrons. The van der Waals surface area contributed by atoms with Crippen molar-refractivity contribution < 1.29 is 4.79 Å². The molecule has 1 fully saturated rings. The molecule has 1 aliphatic heterocycles. The van der Waals surface area contributed by atoms with Gasteiger partial charge in [-0.1, -0.05) is 18.2 Å². The third-order valence-corrected chi connectivity index (χ3v) is 5.29. The molecule has 0 saturated carbocycles. The second-order valence-electron chi connectivity index (χ2n) is 7.12.